The molecule has 0 radical (unpaired) electrons. The molecule has 5 N–H and O–H groups in total. The number of amides is 3. The molecule has 8 nitrogen and oxygen atoms in total. The molecule has 0 saturated heterocycles. The van der Waals surface area contributed by atoms with Crippen LogP contribution < -0.4 is 16.0 Å². The average Bonchev–Trinajstić information content (AvgIpc) is 2.85. The van der Waals surface area contributed by atoms with E-state index in [1.165, 1.54) is 0 Å². The van der Waals surface area contributed by atoms with Gasteiger partial charge in [0.25, 0.3) is 5.91 Å². The molecule has 0 aliphatic heterocycles. The number of aryl methyl sites for hydroxylation is 1. The Morgan fingerprint density at radius 3 is 2.42 bits per heavy atom. The molecule has 2 aromatic carbocycles. The molecular weight excluding hydrogens is 480 g/mol. The lowest BCUT2D eigenvalue weighted by atomic mass is 9.70. The van der Waals surface area contributed by atoms with Crippen LogP contribution in [0.5, 0.6) is 0 Å². The summed E-state index contributed by atoms with van der Waals surface area (Å²) in [5.74, 6) is -0.414. The van der Waals surface area contributed by atoms with Gasteiger partial charge in [-0.2, -0.15) is 0 Å². The molecule has 2 atom stereocenters. The van der Waals surface area contributed by atoms with Gasteiger partial charge >= 0.3 is 6.03 Å². The Kier molecular flexibility index (Phi) is 7.58. The summed E-state index contributed by atoms with van der Waals surface area (Å²) < 4.78 is 0. The van der Waals surface area contributed by atoms with E-state index in [1.54, 1.807) is 26.8 Å². The summed E-state index contributed by atoms with van der Waals surface area (Å²) >= 11 is 0. The van der Waals surface area contributed by atoms with Gasteiger partial charge in [0.1, 0.15) is 5.69 Å². The van der Waals surface area contributed by atoms with Gasteiger partial charge in [-0.15, -0.1) is 0 Å². The molecule has 3 amide bonds. The second kappa shape index (κ2) is 10.6. The van der Waals surface area contributed by atoms with Crippen LogP contribution in [0.1, 0.15) is 67.3 Å². The highest BCUT2D eigenvalue weighted by Crippen LogP contribution is 2.41. The van der Waals surface area contributed by atoms with Gasteiger partial charge in [0.05, 0.1) is 29.1 Å². The fourth-order valence-electron chi connectivity index (χ4n) is 4.95. The van der Waals surface area contributed by atoms with Gasteiger partial charge in [-0.1, -0.05) is 68.4 Å². The number of aliphatic hydroxyl groups is 2. The highest BCUT2D eigenvalue weighted by molar-refractivity contribution is 5.98. The molecule has 0 bridgehead atoms. The molecule has 38 heavy (non-hydrogen) atoms. The molecule has 1 unspecified atom stereocenters. The third-order valence-corrected chi connectivity index (χ3v) is 6.82. The number of carbonyl (C=O) groups is 2. The molecule has 1 aliphatic rings. The standard InChI is InChI=1S/C30H36N4O4/c1-18-15-22(25(19-11-7-6-8-12-19)33-24(18)27(36)31-17-30(4,5)38)32-28(37)34-26-20-13-9-10-14-21(20)29(2,3)16-23(26)35/h6-15,23,26,35,38H,16-17H2,1-5H3,(H,31,36)(H2,32,34,37)/t23-,26?/m1/s1. The number of nitrogens with zero attached hydrogens (tertiary/aromatic N) is 1. The van der Waals surface area contributed by atoms with E-state index in [0.29, 0.717) is 23.4 Å². The lowest BCUT2D eigenvalue weighted by molar-refractivity contribution is 0.0691. The zero-order valence-corrected chi connectivity index (χ0v) is 22.5. The summed E-state index contributed by atoms with van der Waals surface area (Å²) in [6, 6.07) is 17.8. The number of aliphatic hydroxyl groups excluding tert-OH is 1. The Hall–Kier alpha value is -3.75. The van der Waals surface area contributed by atoms with E-state index < -0.39 is 29.7 Å². The van der Waals surface area contributed by atoms with Gasteiger partial charge in [-0.05, 0) is 55.4 Å². The second-order valence-corrected chi connectivity index (χ2v) is 11.2. The number of nitrogens with one attached hydrogen (secondary N) is 3. The minimum absolute atomic E-state index is 0.0675. The van der Waals surface area contributed by atoms with Crippen molar-refractivity contribution in [3.05, 3.63) is 83.0 Å². The van der Waals surface area contributed by atoms with Gasteiger partial charge in [0.15, 0.2) is 0 Å². The van der Waals surface area contributed by atoms with E-state index in [4.69, 9.17) is 0 Å². The number of pyridine rings is 1. The molecule has 0 spiro atoms. The minimum atomic E-state index is -1.07. The quantitative estimate of drug-likeness (QED) is 0.331. The summed E-state index contributed by atoms with van der Waals surface area (Å²) in [4.78, 5) is 30.8. The van der Waals surface area contributed by atoms with E-state index >= 15 is 0 Å². The Morgan fingerprint density at radius 1 is 1.08 bits per heavy atom. The zero-order valence-electron chi connectivity index (χ0n) is 22.5. The SMILES string of the molecule is Cc1cc(NC(=O)NC2c3ccccc3C(C)(C)C[C@H]2O)c(-c2ccccc2)nc1C(=O)NCC(C)(C)O. The van der Waals surface area contributed by atoms with E-state index in [2.05, 4.69) is 34.8 Å². The number of fused-ring (bicyclic) bond motifs is 1. The first-order valence-corrected chi connectivity index (χ1v) is 12.8. The first-order chi connectivity index (χ1) is 17.9. The van der Waals surface area contributed by atoms with E-state index in [1.807, 2.05) is 54.6 Å². The molecule has 1 aromatic heterocycles. The third kappa shape index (κ3) is 6.03. The number of anilines is 1. The Morgan fingerprint density at radius 2 is 1.74 bits per heavy atom. The fraction of sp³-hybridized carbons (Fsp3) is 0.367. The molecule has 4 rings (SSSR count). The number of hydrogen-bond donors (Lipinski definition) is 5. The van der Waals surface area contributed by atoms with E-state index in [9.17, 15) is 19.8 Å². The maximum atomic E-state index is 13.3. The number of rotatable bonds is 6. The van der Waals surface area contributed by atoms with Crippen LogP contribution in [0.2, 0.25) is 0 Å². The second-order valence-electron chi connectivity index (χ2n) is 11.2. The predicted molar refractivity (Wildman–Crippen MR) is 148 cm³/mol. The number of aromatic nitrogens is 1. The monoisotopic (exact) mass is 516 g/mol. The summed E-state index contributed by atoms with van der Waals surface area (Å²) in [5.41, 5.74) is 3.08. The lowest BCUT2D eigenvalue weighted by Crippen LogP contribution is -2.45. The fourth-order valence-corrected chi connectivity index (χ4v) is 4.95. The molecule has 0 fully saturated rings. The van der Waals surface area contributed by atoms with Crippen LogP contribution in [0.15, 0.2) is 60.7 Å². The first kappa shape index (κ1) is 27.3. The summed E-state index contributed by atoms with van der Waals surface area (Å²) in [6.07, 6.45) is -0.236. The van der Waals surface area contributed by atoms with Crippen molar-refractivity contribution in [2.24, 2.45) is 0 Å². The highest BCUT2D eigenvalue weighted by atomic mass is 16.3. The van der Waals surface area contributed by atoms with Gasteiger partial charge in [0.2, 0.25) is 0 Å². The van der Waals surface area contributed by atoms with Gasteiger partial charge < -0.3 is 26.2 Å². The van der Waals surface area contributed by atoms with Gasteiger partial charge in [0, 0.05) is 12.1 Å². The summed E-state index contributed by atoms with van der Waals surface area (Å²) in [6.45, 7) is 9.20. The largest absolute Gasteiger partial charge is 0.391 e. The van der Waals surface area contributed by atoms with Crippen molar-refractivity contribution in [3.63, 3.8) is 0 Å². The first-order valence-electron chi connectivity index (χ1n) is 12.8. The lowest BCUT2D eigenvalue weighted by Gasteiger charge is -2.40. The summed E-state index contributed by atoms with van der Waals surface area (Å²) in [7, 11) is 0. The maximum absolute atomic E-state index is 13.3. The van der Waals surface area contributed by atoms with Crippen LogP contribution >= 0.6 is 0 Å². The predicted octanol–water partition coefficient (Wildman–Crippen LogP) is 4.46. The van der Waals surface area contributed by atoms with Gasteiger partial charge in [-0.3, -0.25) is 4.79 Å². The van der Waals surface area contributed by atoms with Crippen molar-refractivity contribution >= 4 is 17.6 Å². The number of hydrogen-bond acceptors (Lipinski definition) is 5. The normalized spacial score (nSPS) is 18.3. The summed E-state index contributed by atoms with van der Waals surface area (Å²) in [5, 5.41) is 29.5. The molecule has 1 aliphatic carbocycles. The third-order valence-electron chi connectivity index (χ3n) is 6.82. The molecule has 200 valence electrons. The molecular formula is C30H36N4O4. The van der Waals surface area contributed by atoms with E-state index in [-0.39, 0.29) is 17.7 Å². The van der Waals surface area contributed by atoms with Crippen LogP contribution in [-0.2, 0) is 5.41 Å². The maximum Gasteiger partial charge on any atom is 0.319 e. The van der Waals surface area contributed by atoms with Crippen LogP contribution in [0, 0.1) is 6.92 Å². The smallest absolute Gasteiger partial charge is 0.319 e. The molecule has 0 saturated carbocycles. The van der Waals surface area contributed by atoms with Crippen molar-refractivity contribution in [3.8, 4) is 11.3 Å². The van der Waals surface area contributed by atoms with Gasteiger partial charge in [-0.25, -0.2) is 9.78 Å². The van der Waals surface area contributed by atoms with Crippen molar-refractivity contribution in [2.45, 2.75) is 64.2 Å². The van der Waals surface area contributed by atoms with Crippen molar-refractivity contribution in [2.75, 3.05) is 11.9 Å². The zero-order chi connectivity index (χ0) is 27.7. The van der Waals surface area contributed by atoms with Crippen molar-refractivity contribution in [1.82, 2.24) is 15.6 Å². The number of benzene rings is 2. The van der Waals surface area contributed by atoms with Crippen molar-refractivity contribution in [1.29, 1.82) is 0 Å². The molecule has 3 aromatic rings. The Balaban J connectivity index is 1.63. The van der Waals surface area contributed by atoms with Crippen LogP contribution in [0.25, 0.3) is 11.3 Å². The highest BCUT2D eigenvalue weighted by Gasteiger charge is 2.39. The Bertz CT molecular complexity index is 1330. The number of carbonyl (C=O) groups excluding carboxylic acids is 2. The number of urea groups is 1. The van der Waals surface area contributed by atoms with E-state index in [0.717, 1.165) is 16.7 Å². The molecule has 8 heteroatoms. The van der Waals surface area contributed by atoms with Crippen LogP contribution in [0.3, 0.4) is 0 Å². The topological polar surface area (TPSA) is 124 Å². The van der Waals surface area contributed by atoms with Crippen LogP contribution in [0.4, 0.5) is 10.5 Å². The van der Waals surface area contributed by atoms with Crippen molar-refractivity contribution < 1.29 is 19.8 Å². The average molecular weight is 517 g/mol. The minimum Gasteiger partial charge on any atom is -0.391 e. The van der Waals surface area contributed by atoms with Crippen LogP contribution in [-0.4, -0.2) is 45.4 Å². The Labute approximate surface area is 223 Å². The molecule has 1 heterocycles.